The summed E-state index contributed by atoms with van der Waals surface area (Å²) < 4.78 is 0.951. The highest BCUT2D eigenvalue weighted by Crippen LogP contribution is 2.23. The molecule has 0 fully saturated rings. The molecule has 0 aliphatic heterocycles. The highest BCUT2D eigenvalue weighted by Gasteiger charge is 2.19. The minimum absolute atomic E-state index is 0.121. The number of nitro benzene ring substituents is 1. The number of rotatable bonds is 4. The first kappa shape index (κ1) is 16.5. The third-order valence-corrected chi connectivity index (χ3v) is 3.93. The van der Waals surface area contributed by atoms with Crippen LogP contribution in [0.25, 0.3) is 0 Å². The number of hydrogen-bond donors (Lipinski definition) is 0. The standard InChI is InChI=1S/C15H12BrClN2O3/c1-18(9-10-2-4-11(16)5-3-10)15(20)13-8-12(19(21)22)6-7-14(13)17/h2-8H,9H2,1H3. The van der Waals surface area contributed by atoms with Gasteiger partial charge in [0.2, 0.25) is 0 Å². The Morgan fingerprint density at radius 1 is 1.27 bits per heavy atom. The first-order valence-electron chi connectivity index (χ1n) is 6.32. The normalized spacial score (nSPS) is 10.3. The Morgan fingerprint density at radius 2 is 1.91 bits per heavy atom. The first-order valence-corrected chi connectivity index (χ1v) is 7.49. The molecule has 1 amide bonds. The van der Waals surface area contributed by atoms with E-state index in [1.807, 2.05) is 24.3 Å². The average molecular weight is 384 g/mol. The molecule has 22 heavy (non-hydrogen) atoms. The van der Waals surface area contributed by atoms with Crippen molar-refractivity contribution in [3.63, 3.8) is 0 Å². The van der Waals surface area contributed by atoms with E-state index in [4.69, 9.17) is 11.6 Å². The molecule has 2 aromatic rings. The van der Waals surface area contributed by atoms with Gasteiger partial charge in [-0.2, -0.15) is 0 Å². The van der Waals surface area contributed by atoms with Crippen molar-refractivity contribution < 1.29 is 9.72 Å². The van der Waals surface area contributed by atoms with Gasteiger partial charge in [0.25, 0.3) is 11.6 Å². The van der Waals surface area contributed by atoms with E-state index in [0.717, 1.165) is 10.0 Å². The molecule has 7 heteroatoms. The second-order valence-corrected chi connectivity index (χ2v) is 6.03. The van der Waals surface area contributed by atoms with Crippen LogP contribution in [0.3, 0.4) is 0 Å². The van der Waals surface area contributed by atoms with Crippen LogP contribution in [0.4, 0.5) is 5.69 Å². The largest absolute Gasteiger partial charge is 0.337 e. The highest BCUT2D eigenvalue weighted by atomic mass is 79.9. The van der Waals surface area contributed by atoms with Crippen LogP contribution in [-0.4, -0.2) is 22.8 Å². The van der Waals surface area contributed by atoms with Crippen molar-refractivity contribution in [2.24, 2.45) is 0 Å². The maximum absolute atomic E-state index is 12.4. The summed E-state index contributed by atoms with van der Waals surface area (Å²) in [6.07, 6.45) is 0. The Kier molecular flexibility index (Phi) is 5.15. The van der Waals surface area contributed by atoms with Gasteiger partial charge in [0.05, 0.1) is 15.5 Å². The summed E-state index contributed by atoms with van der Waals surface area (Å²) in [7, 11) is 1.62. The van der Waals surface area contributed by atoms with E-state index in [9.17, 15) is 14.9 Å². The van der Waals surface area contributed by atoms with E-state index in [0.29, 0.717) is 6.54 Å². The topological polar surface area (TPSA) is 63.5 Å². The number of carbonyl (C=O) groups is 1. The molecule has 2 aromatic carbocycles. The molecule has 0 N–H and O–H groups in total. The Hall–Kier alpha value is -1.92. The van der Waals surface area contributed by atoms with E-state index < -0.39 is 4.92 Å². The van der Waals surface area contributed by atoms with Crippen molar-refractivity contribution in [2.75, 3.05) is 7.05 Å². The van der Waals surface area contributed by atoms with Crippen LogP contribution < -0.4 is 0 Å². The van der Waals surface area contributed by atoms with E-state index in [-0.39, 0.29) is 22.2 Å². The summed E-state index contributed by atoms with van der Waals surface area (Å²) >= 11 is 9.33. The van der Waals surface area contributed by atoms with Crippen LogP contribution in [0.15, 0.2) is 46.9 Å². The Labute approximate surface area is 140 Å². The molecule has 2 rings (SSSR count). The van der Waals surface area contributed by atoms with Gasteiger partial charge in [-0.25, -0.2) is 0 Å². The van der Waals surface area contributed by atoms with E-state index in [2.05, 4.69) is 15.9 Å². The number of nitro groups is 1. The lowest BCUT2D eigenvalue weighted by Crippen LogP contribution is -2.26. The summed E-state index contributed by atoms with van der Waals surface area (Å²) in [5.41, 5.74) is 0.904. The van der Waals surface area contributed by atoms with Crippen molar-refractivity contribution in [2.45, 2.75) is 6.54 Å². The smallest absolute Gasteiger partial charge is 0.270 e. The van der Waals surface area contributed by atoms with Crippen molar-refractivity contribution in [3.8, 4) is 0 Å². The zero-order valence-electron chi connectivity index (χ0n) is 11.6. The molecule has 0 aromatic heterocycles. The minimum Gasteiger partial charge on any atom is -0.337 e. The summed E-state index contributed by atoms with van der Waals surface area (Å²) in [4.78, 5) is 24.1. The molecule has 5 nitrogen and oxygen atoms in total. The third kappa shape index (κ3) is 3.84. The fourth-order valence-corrected chi connectivity index (χ4v) is 2.39. The Morgan fingerprint density at radius 3 is 2.50 bits per heavy atom. The molecule has 114 valence electrons. The number of halogens is 2. The van der Waals surface area contributed by atoms with Crippen LogP contribution in [0, 0.1) is 10.1 Å². The van der Waals surface area contributed by atoms with E-state index in [1.165, 1.54) is 23.1 Å². The van der Waals surface area contributed by atoms with Crippen LogP contribution >= 0.6 is 27.5 Å². The van der Waals surface area contributed by atoms with Crippen LogP contribution in [0.2, 0.25) is 5.02 Å². The van der Waals surface area contributed by atoms with Crippen molar-refractivity contribution in [1.82, 2.24) is 4.90 Å². The van der Waals surface area contributed by atoms with Gasteiger partial charge in [-0.05, 0) is 23.8 Å². The quantitative estimate of drug-likeness (QED) is 0.584. The fourth-order valence-electron chi connectivity index (χ4n) is 1.93. The second kappa shape index (κ2) is 6.89. The summed E-state index contributed by atoms with van der Waals surface area (Å²) in [6, 6.07) is 11.4. The molecule has 0 bridgehead atoms. The molecule has 0 atom stereocenters. The summed E-state index contributed by atoms with van der Waals surface area (Å²) in [6.45, 7) is 0.380. The summed E-state index contributed by atoms with van der Waals surface area (Å²) in [5.74, 6) is -0.364. The van der Waals surface area contributed by atoms with Crippen LogP contribution in [-0.2, 0) is 6.54 Å². The molecule has 0 aliphatic rings. The molecule has 0 spiro atoms. The molecule has 0 radical (unpaired) electrons. The third-order valence-electron chi connectivity index (χ3n) is 3.07. The van der Waals surface area contributed by atoms with Gasteiger partial charge in [-0.1, -0.05) is 39.7 Å². The zero-order chi connectivity index (χ0) is 16.3. The maximum atomic E-state index is 12.4. The SMILES string of the molecule is CN(Cc1ccc(Br)cc1)C(=O)c1cc([N+](=O)[O-])ccc1Cl. The van der Waals surface area contributed by atoms with Gasteiger partial charge in [0.15, 0.2) is 0 Å². The van der Waals surface area contributed by atoms with Crippen LogP contribution in [0.5, 0.6) is 0 Å². The molecule has 0 aliphatic carbocycles. The van der Waals surface area contributed by atoms with E-state index in [1.54, 1.807) is 7.05 Å². The first-order chi connectivity index (χ1) is 10.4. The lowest BCUT2D eigenvalue weighted by molar-refractivity contribution is -0.384. The van der Waals surface area contributed by atoms with Gasteiger partial charge < -0.3 is 4.90 Å². The molecule has 0 heterocycles. The molecular weight excluding hydrogens is 372 g/mol. The molecule has 0 unspecified atom stereocenters. The van der Waals surface area contributed by atoms with Gasteiger partial charge in [0.1, 0.15) is 0 Å². The molecule has 0 saturated carbocycles. The second-order valence-electron chi connectivity index (χ2n) is 4.71. The van der Waals surface area contributed by atoms with Gasteiger partial charge in [-0.15, -0.1) is 0 Å². The van der Waals surface area contributed by atoms with Crippen LogP contribution in [0.1, 0.15) is 15.9 Å². The minimum atomic E-state index is -0.554. The van der Waals surface area contributed by atoms with Crippen molar-refractivity contribution in [3.05, 3.63) is 73.2 Å². The lowest BCUT2D eigenvalue weighted by Gasteiger charge is -2.18. The predicted octanol–water partition coefficient (Wildman–Crippen LogP) is 4.28. The maximum Gasteiger partial charge on any atom is 0.270 e. The fraction of sp³-hybridized carbons (Fsp3) is 0.133. The van der Waals surface area contributed by atoms with E-state index >= 15 is 0 Å². The average Bonchev–Trinajstić information content (AvgIpc) is 2.49. The van der Waals surface area contributed by atoms with Gasteiger partial charge in [-0.3, -0.25) is 14.9 Å². The zero-order valence-corrected chi connectivity index (χ0v) is 14.0. The monoisotopic (exact) mass is 382 g/mol. The number of nitrogens with zero attached hydrogens (tertiary/aromatic N) is 2. The number of benzene rings is 2. The number of hydrogen-bond acceptors (Lipinski definition) is 3. The molecule has 0 saturated heterocycles. The lowest BCUT2D eigenvalue weighted by atomic mass is 10.1. The van der Waals surface area contributed by atoms with Crippen molar-refractivity contribution >= 4 is 39.1 Å². The summed E-state index contributed by atoms with van der Waals surface area (Å²) in [5, 5.41) is 11.0. The van der Waals surface area contributed by atoms with Gasteiger partial charge >= 0.3 is 0 Å². The Bertz CT molecular complexity index is 719. The number of non-ortho nitro benzene ring substituents is 1. The van der Waals surface area contributed by atoms with Crippen molar-refractivity contribution in [1.29, 1.82) is 0 Å². The number of carbonyl (C=O) groups excluding carboxylic acids is 1. The predicted molar refractivity (Wildman–Crippen MR) is 88.0 cm³/mol. The van der Waals surface area contributed by atoms with Gasteiger partial charge in [0, 0.05) is 30.2 Å². The Balaban J connectivity index is 2.21. The highest BCUT2D eigenvalue weighted by molar-refractivity contribution is 9.10. The molecular formula is C15H12BrClN2O3. The number of amides is 1.